The Bertz CT molecular complexity index is 291. The van der Waals surface area contributed by atoms with Crippen molar-refractivity contribution in [1.29, 1.82) is 0 Å². The van der Waals surface area contributed by atoms with Crippen molar-refractivity contribution in [3.05, 3.63) is 48.0 Å². The molecule has 0 amide bonds. The summed E-state index contributed by atoms with van der Waals surface area (Å²) >= 11 is 0. The second kappa shape index (κ2) is 7.80. The number of carbonyl (C=O) groups excluding carboxylic acids is 1. The van der Waals surface area contributed by atoms with Gasteiger partial charge >= 0.3 is 6.47 Å². The SMILES string of the molecule is O=[C]OCC/C=C/CCc1ccccc1. The van der Waals surface area contributed by atoms with E-state index in [4.69, 9.17) is 0 Å². The van der Waals surface area contributed by atoms with Gasteiger partial charge in [0.2, 0.25) is 0 Å². The summed E-state index contributed by atoms with van der Waals surface area (Å²) in [4.78, 5) is 9.71. The zero-order valence-electron chi connectivity index (χ0n) is 8.69. The van der Waals surface area contributed by atoms with Gasteiger partial charge in [-0.15, -0.1) is 0 Å². The molecule has 0 aliphatic heterocycles. The van der Waals surface area contributed by atoms with Gasteiger partial charge in [0.25, 0.3) is 0 Å². The van der Waals surface area contributed by atoms with Gasteiger partial charge in [0, 0.05) is 0 Å². The van der Waals surface area contributed by atoms with Crippen molar-refractivity contribution >= 4 is 6.47 Å². The fourth-order valence-electron chi connectivity index (χ4n) is 1.30. The molecule has 0 aliphatic carbocycles. The number of benzene rings is 1. The molecule has 0 spiro atoms. The van der Waals surface area contributed by atoms with E-state index in [1.807, 2.05) is 24.3 Å². The first-order chi connectivity index (χ1) is 7.43. The van der Waals surface area contributed by atoms with Gasteiger partial charge in [0.15, 0.2) is 0 Å². The first-order valence-corrected chi connectivity index (χ1v) is 5.11. The molecular weight excluding hydrogens is 188 g/mol. The van der Waals surface area contributed by atoms with Crippen molar-refractivity contribution in [3.8, 4) is 0 Å². The molecule has 2 nitrogen and oxygen atoms in total. The lowest BCUT2D eigenvalue weighted by Crippen LogP contribution is -1.88. The van der Waals surface area contributed by atoms with Gasteiger partial charge in [0.05, 0.1) is 6.61 Å². The first kappa shape index (κ1) is 11.5. The van der Waals surface area contributed by atoms with Crippen LogP contribution >= 0.6 is 0 Å². The molecule has 1 aromatic carbocycles. The summed E-state index contributed by atoms with van der Waals surface area (Å²) in [6.45, 7) is 1.82. The van der Waals surface area contributed by atoms with E-state index in [1.54, 1.807) is 0 Å². The van der Waals surface area contributed by atoms with Crippen molar-refractivity contribution in [2.24, 2.45) is 0 Å². The predicted octanol–water partition coefficient (Wildman–Crippen LogP) is 2.65. The van der Waals surface area contributed by atoms with E-state index in [2.05, 4.69) is 22.9 Å². The van der Waals surface area contributed by atoms with E-state index in [0.717, 1.165) is 19.3 Å². The quantitative estimate of drug-likeness (QED) is 0.503. The number of allylic oxidation sites excluding steroid dienone is 1. The van der Waals surface area contributed by atoms with Crippen molar-refractivity contribution in [3.63, 3.8) is 0 Å². The van der Waals surface area contributed by atoms with Crippen LogP contribution in [0.15, 0.2) is 42.5 Å². The molecule has 0 saturated heterocycles. The maximum absolute atomic E-state index is 9.71. The number of rotatable bonds is 7. The number of hydrogen-bond donors (Lipinski definition) is 0. The number of hydrogen-bond acceptors (Lipinski definition) is 2. The van der Waals surface area contributed by atoms with Crippen LogP contribution in [0.3, 0.4) is 0 Å². The van der Waals surface area contributed by atoms with Crippen LogP contribution < -0.4 is 0 Å². The third-order valence-corrected chi connectivity index (χ3v) is 2.05. The molecule has 0 atom stereocenters. The summed E-state index contributed by atoms with van der Waals surface area (Å²) in [6, 6.07) is 10.4. The van der Waals surface area contributed by atoms with Gasteiger partial charge in [-0.3, -0.25) is 0 Å². The van der Waals surface area contributed by atoms with E-state index in [1.165, 1.54) is 12.0 Å². The minimum Gasteiger partial charge on any atom is -0.457 e. The molecule has 1 aromatic rings. The number of ether oxygens (including phenoxy) is 1. The lowest BCUT2D eigenvalue weighted by Gasteiger charge is -1.96. The van der Waals surface area contributed by atoms with E-state index >= 15 is 0 Å². The van der Waals surface area contributed by atoms with Gasteiger partial charge in [0.1, 0.15) is 0 Å². The molecule has 0 aliphatic rings. The van der Waals surface area contributed by atoms with Crippen LogP contribution in [0.5, 0.6) is 0 Å². The Morgan fingerprint density at radius 2 is 1.87 bits per heavy atom. The summed E-state index contributed by atoms with van der Waals surface area (Å²) in [7, 11) is 0. The normalized spacial score (nSPS) is 10.4. The highest BCUT2D eigenvalue weighted by atomic mass is 16.5. The number of aryl methyl sites for hydroxylation is 1. The molecule has 1 rings (SSSR count). The van der Waals surface area contributed by atoms with Crippen molar-refractivity contribution in [1.82, 2.24) is 0 Å². The molecule has 0 heterocycles. The average Bonchev–Trinajstić information content (AvgIpc) is 2.29. The standard InChI is InChI=1S/C13H15O2/c14-12-15-11-7-2-1-4-8-13-9-5-3-6-10-13/h1-3,5-6,9-10H,4,7-8,11H2/b2-1+. The fraction of sp³-hybridized carbons (Fsp3) is 0.308. The van der Waals surface area contributed by atoms with E-state index < -0.39 is 0 Å². The van der Waals surface area contributed by atoms with Gasteiger partial charge in [-0.2, -0.15) is 0 Å². The lowest BCUT2D eigenvalue weighted by atomic mass is 10.1. The molecule has 79 valence electrons. The summed E-state index contributed by atoms with van der Waals surface area (Å²) in [5.41, 5.74) is 1.35. The topological polar surface area (TPSA) is 26.3 Å². The molecule has 0 N–H and O–H groups in total. The second-order valence-corrected chi connectivity index (χ2v) is 3.22. The van der Waals surface area contributed by atoms with E-state index in [9.17, 15) is 4.79 Å². The molecule has 0 bridgehead atoms. The molecular formula is C13H15O2. The maximum Gasteiger partial charge on any atom is 0.417 e. The minimum atomic E-state index is 0.422. The lowest BCUT2D eigenvalue weighted by molar-refractivity contribution is 0.284. The zero-order valence-corrected chi connectivity index (χ0v) is 8.69. The Morgan fingerprint density at radius 3 is 2.60 bits per heavy atom. The third kappa shape index (κ3) is 5.68. The monoisotopic (exact) mass is 203 g/mol. The molecule has 1 radical (unpaired) electrons. The van der Waals surface area contributed by atoms with Crippen molar-refractivity contribution in [2.75, 3.05) is 6.61 Å². The zero-order chi connectivity index (χ0) is 10.8. The molecule has 2 heteroatoms. The molecule has 0 aromatic heterocycles. The Hall–Kier alpha value is -1.57. The highest BCUT2D eigenvalue weighted by Gasteiger charge is 1.88. The molecule has 0 saturated carbocycles. The van der Waals surface area contributed by atoms with Crippen LogP contribution in [-0.2, 0) is 16.0 Å². The van der Waals surface area contributed by atoms with Gasteiger partial charge in [-0.25, -0.2) is 4.79 Å². The first-order valence-electron chi connectivity index (χ1n) is 5.11. The van der Waals surface area contributed by atoms with Crippen LogP contribution in [-0.4, -0.2) is 13.1 Å². The molecule has 15 heavy (non-hydrogen) atoms. The van der Waals surface area contributed by atoms with Crippen molar-refractivity contribution in [2.45, 2.75) is 19.3 Å². The summed E-state index contributed by atoms with van der Waals surface area (Å²) < 4.78 is 4.44. The van der Waals surface area contributed by atoms with Crippen LogP contribution in [0, 0.1) is 0 Å². The van der Waals surface area contributed by atoms with Gasteiger partial charge in [-0.05, 0) is 24.8 Å². The van der Waals surface area contributed by atoms with E-state index in [-0.39, 0.29) is 0 Å². The van der Waals surface area contributed by atoms with Crippen LogP contribution in [0.1, 0.15) is 18.4 Å². The smallest absolute Gasteiger partial charge is 0.417 e. The maximum atomic E-state index is 9.71. The Morgan fingerprint density at radius 1 is 1.13 bits per heavy atom. The Kier molecular flexibility index (Phi) is 5.98. The van der Waals surface area contributed by atoms with Crippen LogP contribution in [0.4, 0.5) is 0 Å². The Balaban J connectivity index is 2.08. The van der Waals surface area contributed by atoms with E-state index in [0.29, 0.717) is 6.61 Å². The molecule has 0 unspecified atom stereocenters. The minimum absolute atomic E-state index is 0.422. The summed E-state index contributed by atoms with van der Waals surface area (Å²) in [5.74, 6) is 0. The molecule has 0 fully saturated rings. The van der Waals surface area contributed by atoms with Gasteiger partial charge in [-0.1, -0.05) is 42.5 Å². The summed E-state index contributed by atoms with van der Waals surface area (Å²) in [6.07, 6.45) is 6.98. The van der Waals surface area contributed by atoms with Crippen LogP contribution in [0.2, 0.25) is 0 Å². The van der Waals surface area contributed by atoms with Gasteiger partial charge < -0.3 is 4.74 Å². The third-order valence-electron chi connectivity index (χ3n) is 2.05. The largest absolute Gasteiger partial charge is 0.457 e. The summed E-state index contributed by atoms with van der Waals surface area (Å²) in [5, 5.41) is 0. The second-order valence-electron chi connectivity index (χ2n) is 3.22. The van der Waals surface area contributed by atoms with Crippen LogP contribution in [0.25, 0.3) is 0 Å². The highest BCUT2D eigenvalue weighted by Crippen LogP contribution is 2.02. The highest BCUT2D eigenvalue weighted by molar-refractivity contribution is 5.38. The average molecular weight is 203 g/mol. The fourth-order valence-corrected chi connectivity index (χ4v) is 1.30. The van der Waals surface area contributed by atoms with Crippen molar-refractivity contribution < 1.29 is 9.53 Å². The predicted molar refractivity (Wildman–Crippen MR) is 60.2 cm³/mol. The Labute approximate surface area is 90.6 Å².